The highest BCUT2D eigenvalue weighted by Gasteiger charge is 2.20. The first-order valence-corrected chi connectivity index (χ1v) is 11.2. The molecule has 0 bridgehead atoms. The predicted octanol–water partition coefficient (Wildman–Crippen LogP) is 4.40. The molecule has 0 atom stereocenters. The molecule has 0 spiro atoms. The number of benzene rings is 2. The number of nitrogens with one attached hydrogen (secondary N) is 1. The van der Waals surface area contributed by atoms with Crippen molar-refractivity contribution in [3.63, 3.8) is 0 Å². The average Bonchev–Trinajstić information content (AvgIpc) is 3.44. The molecule has 1 amide bonds. The summed E-state index contributed by atoms with van der Waals surface area (Å²) in [6.45, 7) is 4.76. The molecule has 2 aromatic heterocycles. The Balaban J connectivity index is 1.50. The number of aryl methyl sites for hydroxylation is 2. The number of ether oxygens (including phenoxy) is 1. The Hall–Kier alpha value is -3.94. The lowest BCUT2D eigenvalue weighted by Crippen LogP contribution is -2.21. The smallest absolute Gasteiger partial charge is 0.253 e. The van der Waals surface area contributed by atoms with Gasteiger partial charge in [0.15, 0.2) is 0 Å². The van der Waals surface area contributed by atoms with Crippen molar-refractivity contribution in [3.8, 4) is 16.9 Å². The second-order valence-electron chi connectivity index (χ2n) is 8.76. The molecule has 0 saturated heterocycles. The molecule has 4 aromatic rings. The molecule has 1 aliphatic rings. The number of carbonyl (C=O) groups excluding carboxylic acids is 1. The van der Waals surface area contributed by atoms with Crippen LogP contribution in [0.25, 0.3) is 16.8 Å². The molecule has 0 aliphatic carbocycles. The van der Waals surface area contributed by atoms with Gasteiger partial charge in [0.2, 0.25) is 5.95 Å². The lowest BCUT2D eigenvalue weighted by molar-refractivity contribution is 0.0827. The third-order valence-electron chi connectivity index (χ3n) is 6.15. The fraction of sp³-hybridized carbons (Fsp3) is 0.269. The number of aromatic nitrogens is 3. The molecule has 0 radical (unpaired) electrons. The van der Waals surface area contributed by atoms with Gasteiger partial charge in [0.1, 0.15) is 17.2 Å². The molecule has 7 nitrogen and oxygen atoms in total. The number of nitrogens with zero attached hydrogens (tertiary/aromatic N) is 4. The third-order valence-corrected chi connectivity index (χ3v) is 6.15. The quantitative estimate of drug-likeness (QED) is 0.479. The fourth-order valence-electron chi connectivity index (χ4n) is 4.45. The third kappa shape index (κ3) is 3.75. The molecule has 0 unspecified atom stereocenters. The highest BCUT2D eigenvalue weighted by Crippen LogP contribution is 2.32. The topological polar surface area (TPSA) is 71.8 Å². The van der Waals surface area contributed by atoms with E-state index >= 15 is 0 Å². The molecule has 1 aliphatic heterocycles. The number of hydrogen-bond acceptors (Lipinski definition) is 5. The number of carbonyl (C=O) groups is 1. The van der Waals surface area contributed by atoms with Crippen molar-refractivity contribution in [2.24, 2.45) is 0 Å². The van der Waals surface area contributed by atoms with E-state index in [4.69, 9.17) is 9.72 Å². The van der Waals surface area contributed by atoms with Gasteiger partial charge in [-0.2, -0.15) is 0 Å². The SMILES string of the molecule is Cc1cn2c(NCc3c(F)ccc4c3CCO4)ncc(-c3ccc(C(=O)N(C)C)cc3C)c2n1. The molecule has 174 valence electrons. The van der Waals surface area contributed by atoms with Crippen LogP contribution in [0.4, 0.5) is 10.3 Å². The van der Waals surface area contributed by atoms with Crippen molar-refractivity contribution in [2.45, 2.75) is 26.8 Å². The van der Waals surface area contributed by atoms with Gasteiger partial charge >= 0.3 is 0 Å². The van der Waals surface area contributed by atoms with Gasteiger partial charge in [-0.05, 0) is 49.2 Å². The Morgan fingerprint density at radius 2 is 2.03 bits per heavy atom. The number of imidazole rings is 1. The van der Waals surface area contributed by atoms with Crippen LogP contribution in [0.5, 0.6) is 5.75 Å². The molecule has 5 rings (SSSR count). The summed E-state index contributed by atoms with van der Waals surface area (Å²) in [6, 6.07) is 8.78. The minimum atomic E-state index is -0.255. The van der Waals surface area contributed by atoms with E-state index in [-0.39, 0.29) is 18.3 Å². The van der Waals surface area contributed by atoms with Crippen molar-refractivity contribution in [2.75, 3.05) is 26.0 Å². The monoisotopic (exact) mass is 459 g/mol. The van der Waals surface area contributed by atoms with Gasteiger partial charge in [0, 0.05) is 61.7 Å². The molecular formula is C26H26FN5O2. The average molecular weight is 460 g/mol. The fourth-order valence-corrected chi connectivity index (χ4v) is 4.45. The van der Waals surface area contributed by atoms with E-state index in [1.54, 1.807) is 31.3 Å². The van der Waals surface area contributed by atoms with Crippen LogP contribution in [0.1, 0.15) is 32.7 Å². The summed E-state index contributed by atoms with van der Waals surface area (Å²) < 4.78 is 22.0. The number of anilines is 1. The lowest BCUT2D eigenvalue weighted by atomic mass is 9.99. The summed E-state index contributed by atoms with van der Waals surface area (Å²) in [6.07, 6.45) is 4.37. The van der Waals surface area contributed by atoms with Gasteiger partial charge in [-0.3, -0.25) is 9.20 Å². The van der Waals surface area contributed by atoms with Gasteiger partial charge in [-0.1, -0.05) is 6.07 Å². The van der Waals surface area contributed by atoms with Crippen LogP contribution >= 0.6 is 0 Å². The summed E-state index contributed by atoms with van der Waals surface area (Å²) in [4.78, 5) is 23.3. The van der Waals surface area contributed by atoms with Gasteiger partial charge in [0.25, 0.3) is 5.91 Å². The summed E-state index contributed by atoms with van der Waals surface area (Å²) in [5.74, 6) is 1.03. The van der Waals surface area contributed by atoms with Gasteiger partial charge in [0.05, 0.1) is 12.3 Å². The normalized spacial score (nSPS) is 12.5. The molecule has 34 heavy (non-hydrogen) atoms. The maximum Gasteiger partial charge on any atom is 0.253 e. The Kier molecular flexibility index (Phi) is 5.43. The van der Waals surface area contributed by atoms with Crippen molar-refractivity contribution in [1.29, 1.82) is 0 Å². The van der Waals surface area contributed by atoms with E-state index in [9.17, 15) is 9.18 Å². The number of rotatable bonds is 5. The molecule has 3 heterocycles. The summed E-state index contributed by atoms with van der Waals surface area (Å²) in [5, 5.41) is 3.28. The maximum absolute atomic E-state index is 14.6. The maximum atomic E-state index is 14.6. The van der Waals surface area contributed by atoms with E-state index in [1.165, 1.54) is 6.07 Å². The van der Waals surface area contributed by atoms with Crippen molar-refractivity contribution >= 4 is 17.5 Å². The van der Waals surface area contributed by atoms with E-state index in [2.05, 4.69) is 10.3 Å². The highest BCUT2D eigenvalue weighted by atomic mass is 19.1. The number of fused-ring (bicyclic) bond motifs is 2. The van der Waals surface area contributed by atoms with E-state index < -0.39 is 0 Å². The van der Waals surface area contributed by atoms with Crippen LogP contribution in [0.3, 0.4) is 0 Å². The van der Waals surface area contributed by atoms with Crippen LogP contribution in [0.15, 0.2) is 42.7 Å². The zero-order valence-electron chi connectivity index (χ0n) is 19.6. The van der Waals surface area contributed by atoms with Crippen LogP contribution in [0, 0.1) is 19.7 Å². The Bertz CT molecular complexity index is 1430. The van der Waals surface area contributed by atoms with E-state index in [0.29, 0.717) is 30.1 Å². The molecular weight excluding hydrogens is 433 g/mol. The largest absolute Gasteiger partial charge is 0.493 e. The zero-order valence-corrected chi connectivity index (χ0v) is 19.6. The summed E-state index contributed by atoms with van der Waals surface area (Å²) >= 11 is 0. The van der Waals surface area contributed by atoms with Gasteiger partial charge < -0.3 is 15.0 Å². The second kappa shape index (κ2) is 8.44. The van der Waals surface area contributed by atoms with Gasteiger partial charge in [-0.15, -0.1) is 0 Å². The Morgan fingerprint density at radius 3 is 2.79 bits per heavy atom. The predicted molar refractivity (Wildman–Crippen MR) is 129 cm³/mol. The van der Waals surface area contributed by atoms with E-state index in [0.717, 1.165) is 39.3 Å². The molecule has 0 saturated carbocycles. The molecule has 1 N–H and O–H groups in total. The Labute approximate surface area is 197 Å². The number of hydrogen-bond donors (Lipinski definition) is 1. The molecule has 0 fully saturated rings. The first-order chi connectivity index (χ1) is 16.3. The van der Waals surface area contributed by atoms with Crippen molar-refractivity contribution in [1.82, 2.24) is 19.3 Å². The number of halogens is 1. The van der Waals surface area contributed by atoms with Crippen LogP contribution in [0.2, 0.25) is 0 Å². The highest BCUT2D eigenvalue weighted by molar-refractivity contribution is 5.95. The first-order valence-electron chi connectivity index (χ1n) is 11.2. The van der Waals surface area contributed by atoms with Gasteiger partial charge in [-0.25, -0.2) is 14.4 Å². The van der Waals surface area contributed by atoms with Crippen LogP contribution in [-0.4, -0.2) is 45.9 Å². The Morgan fingerprint density at radius 1 is 1.21 bits per heavy atom. The van der Waals surface area contributed by atoms with E-state index in [1.807, 2.05) is 42.6 Å². The second-order valence-corrected chi connectivity index (χ2v) is 8.76. The standard InChI is InChI=1S/C26H26FN5O2/c1-15-11-17(25(33)31(3)4)5-6-18(15)21-13-29-26(32-14-16(2)30-24(21)32)28-12-20-19-9-10-34-23(19)8-7-22(20)27/h5-8,11,13-14H,9-10,12H2,1-4H3,(H,28,29). The minimum Gasteiger partial charge on any atom is -0.493 e. The number of amides is 1. The van der Waals surface area contributed by atoms with Crippen LogP contribution in [-0.2, 0) is 13.0 Å². The summed E-state index contributed by atoms with van der Waals surface area (Å²) in [5.41, 5.74) is 6.50. The van der Waals surface area contributed by atoms with Crippen molar-refractivity contribution < 1.29 is 13.9 Å². The van der Waals surface area contributed by atoms with Crippen LogP contribution < -0.4 is 10.1 Å². The minimum absolute atomic E-state index is 0.0424. The zero-order chi connectivity index (χ0) is 24.0. The lowest BCUT2D eigenvalue weighted by Gasteiger charge is -2.15. The first kappa shape index (κ1) is 21.9. The van der Waals surface area contributed by atoms with Crippen molar-refractivity contribution in [3.05, 3.63) is 76.5 Å². The molecule has 8 heteroatoms. The summed E-state index contributed by atoms with van der Waals surface area (Å²) in [7, 11) is 3.47. The molecule has 2 aromatic carbocycles.